The molecule has 0 atom stereocenters. The van der Waals surface area contributed by atoms with Crippen LogP contribution < -0.4 is 4.74 Å². The second kappa shape index (κ2) is 4.65. The molecule has 0 radical (unpaired) electrons. The van der Waals surface area contributed by atoms with Gasteiger partial charge in [0, 0.05) is 0 Å². The lowest BCUT2D eigenvalue weighted by Crippen LogP contribution is -2.05. The van der Waals surface area contributed by atoms with Crippen LogP contribution in [0.5, 0.6) is 11.5 Å². The Morgan fingerprint density at radius 1 is 1.56 bits per heavy atom. The molecule has 1 aromatic carbocycles. The molecule has 0 unspecified atom stereocenters. The van der Waals surface area contributed by atoms with Crippen LogP contribution in [-0.2, 0) is 0 Å². The molecule has 0 aliphatic rings. The van der Waals surface area contributed by atoms with Crippen molar-refractivity contribution in [3.05, 3.63) is 22.8 Å². The van der Waals surface area contributed by atoms with Gasteiger partial charge in [0.1, 0.15) is 17.1 Å². The summed E-state index contributed by atoms with van der Waals surface area (Å²) in [5.41, 5.74) is -0.0607. The van der Waals surface area contributed by atoms with Crippen LogP contribution in [0.25, 0.3) is 0 Å². The first-order valence-corrected chi connectivity index (χ1v) is 4.70. The summed E-state index contributed by atoms with van der Waals surface area (Å²) in [5.74, 6) is -1.63. The third-order valence-corrected chi connectivity index (χ3v) is 2.13. The Morgan fingerprint density at radius 3 is 2.62 bits per heavy atom. The number of benzene rings is 1. The maximum absolute atomic E-state index is 10.9. The highest BCUT2D eigenvalue weighted by Crippen LogP contribution is 2.32. The fourth-order valence-electron chi connectivity index (χ4n) is 1.44. The molecule has 0 saturated heterocycles. The van der Waals surface area contributed by atoms with E-state index in [9.17, 15) is 14.7 Å². The Labute approximate surface area is 92.3 Å². The number of carboxylic acid groups (broad SMARTS) is 1. The van der Waals surface area contributed by atoms with Gasteiger partial charge in [-0.3, -0.25) is 4.79 Å². The van der Waals surface area contributed by atoms with Crippen LogP contribution in [0.4, 0.5) is 0 Å². The van der Waals surface area contributed by atoms with Gasteiger partial charge in [0.25, 0.3) is 0 Å². The highest BCUT2D eigenvalue weighted by molar-refractivity contribution is 5.98. The minimum atomic E-state index is -1.28. The molecule has 0 spiro atoms. The van der Waals surface area contributed by atoms with Crippen LogP contribution in [0.1, 0.15) is 33.2 Å². The number of hydrogen-bond acceptors (Lipinski definition) is 4. The van der Waals surface area contributed by atoms with Crippen LogP contribution in [0.3, 0.4) is 0 Å². The van der Waals surface area contributed by atoms with Crippen molar-refractivity contribution < 1.29 is 24.5 Å². The number of aromatic carboxylic acids is 1. The largest absolute Gasteiger partial charge is 0.506 e. The van der Waals surface area contributed by atoms with Gasteiger partial charge in [0.15, 0.2) is 6.29 Å². The SMILES string of the molecule is CCOc1cc(C)c(C(=O)O)c(O)c1C=O. The van der Waals surface area contributed by atoms with Crippen LogP contribution in [-0.4, -0.2) is 29.1 Å². The molecule has 5 nitrogen and oxygen atoms in total. The number of carboxylic acids is 1. The molecule has 0 heterocycles. The first-order chi connectivity index (χ1) is 7.52. The lowest BCUT2D eigenvalue weighted by Gasteiger charge is -2.11. The molecule has 1 aromatic rings. The van der Waals surface area contributed by atoms with Crippen molar-refractivity contribution in [3.63, 3.8) is 0 Å². The Hall–Kier alpha value is -2.04. The van der Waals surface area contributed by atoms with Gasteiger partial charge in [-0.25, -0.2) is 4.79 Å². The van der Waals surface area contributed by atoms with E-state index in [1.165, 1.54) is 13.0 Å². The minimum absolute atomic E-state index is 0.134. The van der Waals surface area contributed by atoms with Gasteiger partial charge in [0.05, 0.1) is 12.2 Å². The number of carbonyl (C=O) groups excluding carboxylic acids is 1. The molecular weight excluding hydrogens is 212 g/mol. The Balaban J connectivity index is 3.49. The molecule has 0 amide bonds. The average Bonchev–Trinajstić information content (AvgIpc) is 2.17. The Morgan fingerprint density at radius 2 is 2.19 bits per heavy atom. The van der Waals surface area contributed by atoms with Crippen molar-refractivity contribution in [2.45, 2.75) is 13.8 Å². The summed E-state index contributed by atoms with van der Waals surface area (Å²) in [4.78, 5) is 21.6. The second-order valence-electron chi connectivity index (χ2n) is 3.18. The number of ether oxygens (including phenoxy) is 1. The summed E-state index contributed by atoms with van der Waals surface area (Å²) in [7, 11) is 0. The fourth-order valence-corrected chi connectivity index (χ4v) is 1.44. The predicted octanol–water partition coefficient (Wildman–Crippen LogP) is 1.61. The van der Waals surface area contributed by atoms with E-state index in [-0.39, 0.29) is 16.9 Å². The van der Waals surface area contributed by atoms with Gasteiger partial charge >= 0.3 is 5.97 Å². The van der Waals surface area contributed by atoms with E-state index in [1.54, 1.807) is 6.92 Å². The summed E-state index contributed by atoms with van der Waals surface area (Å²) in [6.45, 7) is 3.58. The van der Waals surface area contributed by atoms with Crippen molar-refractivity contribution in [2.24, 2.45) is 0 Å². The van der Waals surface area contributed by atoms with Gasteiger partial charge in [-0.2, -0.15) is 0 Å². The predicted molar refractivity (Wildman–Crippen MR) is 56.4 cm³/mol. The fraction of sp³-hybridized carbons (Fsp3) is 0.273. The van der Waals surface area contributed by atoms with Crippen molar-refractivity contribution in [3.8, 4) is 11.5 Å². The summed E-state index contributed by atoms with van der Waals surface area (Å²) < 4.78 is 5.14. The topological polar surface area (TPSA) is 83.8 Å². The van der Waals surface area contributed by atoms with Gasteiger partial charge in [-0.1, -0.05) is 0 Å². The van der Waals surface area contributed by atoms with E-state index < -0.39 is 11.7 Å². The lowest BCUT2D eigenvalue weighted by molar-refractivity contribution is 0.0693. The van der Waals surface area contributed by atoms with Crippen LogP contribution in [0.2, 0.25) is 0 Å². The summed E-state index contributed by atoms with van der Waals surface area (Å²) in [6.07, 6.45) is 0.381. The summed E-state index contributed by atoms with van der Waals surface area (Å²) >= 11 is 0. The third kappa shape index (κ3) is 1.98. The number of carbonyl (C=O) groups is 2. The lowest BCUT2D eigenvalue weighted by atomic mass is 10.0. The van der Waals surface area contributed by atoms with Crippen molar-refractivity contribution in [1.82, 2.24) is 0 Å². The van der Waals surface area contributed by atoms with Crippen molar-refractivity contribution >= 4 is 12.3 Å². The number of aldehydes is 1. The van der Waals surface area contributed by atoms with Gasteiger partial charge in [-0.15, -0.1) is 0 Å². The van der Waals surface area contributed by atoms with E-state index in [2.05, 4.69) is 0 Å². The number of phenols is 1. The zero-order chi connectivity index (χ0) is 12.3. The number of hydrogen-bond donors (Lipinski definition) is 2. The molecule has 16 heavy (non-hydrogen) atoms. The van der Waals surface area contributed by atoms with Crippen LogP contribution >= 0.6 is 0 Å². The Kier molecular flexibility index (Phi) is 3.50. The second-order valence-corrected chi connectivity index (χ2v) is 3.18. The summed E-state index contributed by atoms with van der Waals surface area (Å²) in [6, 6.07) is 1.43. The quantitative estimate of drug-likeness (QED) is 0.759. The zero-order valence-electron chi connectivity index (χ0n) is 8.98. The smallest absolute Gasteiger partial charge is 0.339 e. The molecule has 0 saturated carbocycles. The van der Waals surface area contributed by atoms with Gasteiger partial charge in [0.2, 0.25) is 0 Å². The third-order valence-electron chi connectivity index (χ3n) is 2.13. The Bertz CT molecular complexity index is 436. The molecular formula is C11H12O5. The molecule has 0 aromatic heterocycles. The first kappa shape index (κ1) is 12.0. The number of rotatable bonds is 4. The first-order valence-electron chi connectivity index (χ1n) is 4.70. The molecule has 0 bridgehead atoms. The molecule has 2 N–H and O–H groups in total. The van der Waals surface area contributed by atoms with Crippen molar-refractivity contribution in [1.29, 1.82) is 0 Å². The van der Waals surface area contributed by atoms with E-state index in [4.69, 9.17) is 9.84 Å². The molecule has 86 valence electrons. The highest BCUT2D eigenvalue weighted by atomic mass is 16.5. The molecule has 0 aliphatic heterocycles. The van der Waals surface area contributed by atoms with E-state index in [0.717, 1.165) is 0 Å². The monoisotopic (exact) mass is 224 g/mol. The number of aromatic hydroxyl groups is 1. The normalized spacial score (nSPS) is 9.88. The molecule has 0 aliphatic carbocycles. The van der Waals surface area contributed by atoms with Crippen LogP contribution in [0, 0.1) is 6.92 Å². The number of aryl methyl sites for hydroxylation is 1. The van der Waals surface area contributed by atoms with Crippen LogP contribution in [0.15, 0.2) is 6.07 Å². The highest BCUT2D eigenvalue weighted by Gasteiger charge is 2.20. The van der Waals surface area contributed by atoms with E-state index >= 15 is 0 Å². The summed E-state index contributed by atoms with van der Waals surface area (Å²) in [5, 5.41) is 18.5. The van der Waals surface area contributed by atoms with Crippen molar-refractivity contribution in [2.75, 3.05) is 6.61 Å². The van der Waals surface area contributed by atoms with E-state index in [0.29, 0.717) is 18.5 Å². The van der Waals surface area contributed by atoms with Gasteiger partial charge in [-0.05, 0) is 25.5 Å². The minimum Gasteiger partial charge on any atom is -0.506 e. The average molecular weight is 224 g/mol. The molecule has 0 fully saturated rings. The van der Waals surface area contributed by atoms with E-state index in [1.807, 2.05) is 0 Å². The zero-order valence-corrected chi connectivity index (χ0v) is 8.98. The molecule has 1 rings (SSSR count). The maximum Gasteiger partial charge on any atom is 0.339 e. The molecule has 5 heteroatoms. The van der Waals surface area contributed by atoms with Gasteiger partial charge < -0.3 is 14.9 Å². The standard InChI is InChI=1S/C11H12O5/c1-3-16-8-4-6(2)9(11(14)15)10(13)7(8)5-12/h4-5,13H,3H2,1-2H3,(H,14,15). The maximum atomic E-state index is 10.9.